The van der Waals surface area contributed by atoms with Gasteiger partial charge in [0.05, 0.1) is 26.2 Å². The van der Waals surface area contributed by atoms with E-state index in [-0.39, 0.29) is 18.4 Å². The van der Waals surface area contributed by atoms with Crippen LogP contribution in [0.3, 0.4) is 0 Å². The smallest absolute Gasteiger partial charge is 0.248 e. The molecule has 1 saturated heterocycles. The molecule has 1 amide bonds. The van der Waals surface area contributed by atoms with E-state index in [4.69, 9.17) is 5.73 Å². The Hall–Kier alpha value is -1.66. The van der Waals surface area contributed by atoms with Gasteiger partial charge in [0, 0.05) is 23.8 Å². The van der Waals surface area contributed by atoms with Crippen molar-refractivity contribution in [1.29, 1.82) is 0 Å². The standard InChI is InChI=1S/C21H26N2O3.ClH/c1-3-9-23(2)10-8-20-13-16(24)6-7-21(20,26)18(23)12-14-4-5-15(19(22)25)11-17(14)20;/h3-7,11,16,18,24,26H,1,8-10,12-13H2,2H3,(H-,22,25);1H/t16?,18-,20-,21-,23?;/m1./s1. The molecule has 0 spiro atoms. The van der Waals surface area contributed by atoms with Crippen molar-refractivity contribution in [2.24, 2.45) is 5.73 Å². The van der Waals surface area contributed by atoms with Gasteiger partial charge < -0.3 is 32.8 Å². The lowest BCUT2D eigenvalue weighted by molar-refractivity contribution is -0.942. The first kappa shape index (κ1) is 20.1. The van der Waals surface area contributed by atoms with E-state index >= 15 is 0 Å². The summed E-state index contributed by atoms with van der Waals surface area (Å²) in [5.74, 6) is -0.468. The molecule has 1 heterocycles. The average molecular weight is 391 g/mol. The van der Waals surface area contributed by atoms with Crippen LogP contribution in [0.5, 0.6) is 0 Å². The molecule has 2 unspecified atom stereocenters. The minimum Gasteiger partial charge on any atom is -1.00 e. The molecule has 0 saturated carbocycles. The lowest BCUT2D eigenvalue weighted by Crippen LogP contribution is -3.00. The second-order valence-electron chi connectivity index (χ2n) is 8.42. The Morgan fingerprint density at radius 2 is 2.22 bits per heavy atom. The lowest BCUT2D eigenvalue weighted by atomic mass is 9.50. The summed E-state index contributed by atoms with van der Waals surface area (Å²) in [5.41, 5.74) is 6.41. The average Bonchev–Trinajstić information content (AvgIpc) is 2.59. The number of likely N-dealkylation sites (N-methyl/N-ethyl adjacent to an activating group) is 1. The van der Waals surface area contributed by atoms with Crippen molar-refractivity contribution in [2.75, 3.05) is 20.1 Å². The van der Waals surface area contributed by atoms with E-state index in [1.165, 1.54) is 0 Å². The third-order valence-corrected chi connectivity index (χ3v) is 7.08. The van der Waals surface area contributed by atoms with Gasteiger partial charge in [0.1, 0.15) is 11.6 Å². The van der Waals surface area contributed by atoms with Crippen LogP contribution in [0.4, 0.5) is 0 Å². The highest BCUT2D eigenvalue weighted by atomic mass is 35.5. The van der Waals surface area contributed by atoms with Crippen molar-refractivity contribution in [1.82, 2.24) is 0 Å². The Morgan fingerprint density at radius 1 is 1.48 bits per heavy atom. The number of rotatable bonds is 3. The van der Waals surface area contributed by atoms with Gasteiger partial charge in [-0.15, -0.1) is 0 Å². The number of piperidine rings is 1. The number of aliphatic hydroxyl groups excluding tert-OH is 1. The van der Waals surface area contributed by atoms with Crippen molar-refractivity contribution in [3.8, 4) is 0 Å². The van der Waals surface area contributed by atoms with E-state index in [2.05, 4.69) is 13.6 Å². The third kappa shape index (κ3) is 2.60. The molecular weight excluding hydrogens is 364 g/mol. The fourth-order valence-electron chi connectivity index (χ4n) is 5.73. The summed E-state index contributed by atoms with van der Waals surface area (Å²) in [6.45, 7) is 5.59. The number of amides is 1. The monoisotopic (exact) mass is 390 g/mol. The Morgan fingerprint density at radius 3 is 2.89 bits per heavy atom. The number of nitrogens with zero attached hydrogens (tertiary/aromatic N) is 1. The molecule has 1 aromatic rings. The third-order valence-electron chi connectivity index (χ3n) is 7.08. The first-order valence-corrected chi connectivity index (χ1v) is 9.24. The first-order valence-electron chi connectivity index (χ1n) is 9.24. The second-order valence-corrected chi connectivity index (χ2v) is 8.42. The van der Waals surface area contributed by atoms with Gasteiger partial charge in [0.2, 0.25) is 5.91 Å². The molecule has 0 radical (unpaired) electrons. The van der Waals surface area contributed by atoms with Crippen LogP contribution in [0, 0.1) is 0 Å². The van der Waals surface area contributed by atoms with Crippen LogP contribution in [-0.2, 0) is 11.8 Å². The predicted octanol–water partition coefficient (Wildman–Crippen LogP) is -1.96. The number of hydrogen-bond acceptors (Lipinski definition) is 3. The minimum atomic E-state index is -1.06. The Kier molecular flexibility index (Phi) is 4.80. The number of likely N-dealkylation sites (tertiary alicyclic amines) is 1. The van der Waals surface area contributed by atoms with Gasteiger partial charge in [-0.25, -0.2) is 0 Å². The number of quaternary nitrogens is 1. The topological polar surface area (TPSA) is 83.6 Å². The molecule has 5 atom stereocenters. The van der Waals surface area contributed by atoms with Crippen LogP contribution in [0.2, 0.25) is 0 Å². The summed E-state index contributed by atoms with van der Waals surface area (Å²) >= 11 is 0. The van der Waals surface area contributed by atoms with E-state index in [0.717, 1.165) is 41.5 Å². The highest BCUT2D eigenvalue weighted by Crippen LogP contribution is 2.57. The highest BCUT2D eigenvalue weighted by Gasteiger charge is 2.67. The number of halogens is 1. The molecule has 1 fully saturated rings. The van der Waals surface area contributed by atoms with Crippen molar-refractivity contribution in [3.63, 3.8) is 0 Å². The summed E-state index contributed by atoms with van der Waals surface area (Å²) in [6.07, 6.45) is 6.76. The van der Waals surface area contributed by atoms with E-state index in [1.54, 1.807) is 12.1 Å². The van der Waals surface area contributed by atoms with E-state index in [0.29, 0.717) is 12.0 Å². The normalized spacial score (nSPS) is 38.9. The number of hydrogen-bond donors (Lipinski definition) is 3. The SMILES string of the molecule is C=CC[N+]1(C)CC[C@]23CC(O)C=C[C@@]2(O)[C@H]1Cc1ccc(C(N)=O)cc13.[Cl-]. The zero-order chi connectivity index (χ0) is 18.7. The molecule has 0 aromatic heterocycles. The summed E-state index contributed by atoms with van der Waals surface area (Å²) in [6, 6.07) is 5.56. The van der Waals surface area contributed by atoms with Crippen LogP contribution in [0.15, 0.2) is 43.0 Å². The molecular formula is C21H27ClN2O3. The molecule has 146 valence electrons. The molecule has 5 nitrogen and oxygen atoms in total. The molecule has 6 heteroatoms. The Labute approximate surface area is 166 Å². The van der Waals surface area contributed by atoms with Crippen LogP contribution >= 0.6 is 0 Å². The van der Waals surface area contributed by atoms with Crippen molar-refractivity contribution in [2.45, 2.75) is 42.4 Å². The summed E-state index contributed by atoms with van der Waals surface area (Å²) in [7, 11) is 2.18. The van der Waals surface area contributed by atoms with Crippen LogP contribution in [0.1, 0.15) is 34.3 Å². The largest absolute Gasteiger partial charge is 1.00 e. The molecule has 3 aliphatic rings. The van der Waals surface area contributed by atoms with Gasteiger partial charge in [0.25, 0.3) is 0 Å². The maximum Gasteiger partial charge on any atom is 0.248 e. The number of nitrogens with two attached hydrogens (primary N) is 1. The maximum atomic E-state index is 12.0. The highest BCUT2D eigenvalue weighted by molar-refractivity contribution is 5.93. The quantitative estimate of drug-likeness (QED) is 0.414. The molecule has 1 aromatic carbocycles. The fourth-order valence-corrected chi connectivity index (χ4v) is 5.73. The van der Waals surface area contributed by atoms with E-state index in [9.17, 15) is 15.0 Å². The van der Waals surface area contributed by atoms with Crippen molar-refractivity contribution < 1.29 is 31.9 Å². The van der Waals surface area contributed by atoms with Crippen molar-refractivity contribution in [3.05, 3.63) is 59.7 Å². The summed E-state index contributed by atoms with van der Waals surface area (Å²) in [5, 5.41) is 22.3. The predicted molar refractivity (Wildman–Crippen MR) is 99.6 cm³/mol. The lowest BCUT2D eigenvalue weighted by Gasteiger charge is -2.64. The van der Waals surface area contributed by atoms with Gasteiger partial charge in [-0.2, -0.15) is 0 Å². The first-order chi connectivity index (χ1) is 12.3. The number of fused-ring (bicyclic) bond motifs is 1. The number of primary amides is 1. The summed E-state index contributed by atoms with van der Waals surface area (Å²) in [4.78, 5) is 11.7. The van der Waals surface area contributed by atoms with Crippen molar-refractivity contribution >= 4 is 5.91 Å². The van der Waals surface area contributed by atoms with Gasteiger partial charge in [-0.1, -0.05) is 18.7 Å². The molecule has 2 bridgehead atoms. The van der Waals surface area contributed by atoms with Crippen LogP contribution in [-0.4, -0.2) is 58.5 Å². The number of benzene rings is 1. The Balaban J connectivity index is 0.00000210. The van der Waals surface area contributed by atoms with Gasteiger partial charge in [-0.05, 0) is 41.8 Å². The Bertz CT molecular complexity index is 826. The van der Waals surface area contributed by atoms with Crippen LogP contribution in [0.25, 0.3) is 0 Å². The summed E-state index contributed by atoms with van der Waals surface area (Å²) < 4.78 is 0.721. The maximum absolute atomic E-state index is 12.0. The molecule has 27 heavy (non-hydrogen) atoms. The zero-order valence-corrected chi connectivity index (χ0v) is 16.3. The molecule has 2 aliphatic carbocycles. The van der Waals surface area contributed by atoms with Gasteiger partial charge >= 0.3 is 0 Å². The fraction of sp³-hybridized carbons (Fsp3) is 0.476. The van der Waals surface area contributed by atoms with E-state index in [1.807, 2.05) is 24.3 Å². The number of carbonyl (C=O) groups is 1. The molecule has 4 rings (SSSR count). The van der Waals surface area contributed by atoms with Crippen LogP contribution < -0.4 is 18.1 Å². The second kappa shape index (κ2) is 6.45. The molecule has 4 N–H and O–H groups in total. The van der Waals surface area contributed by atoms with E-state index < -0.39 is 23.0 Å². The van der Waals surface area contributed by atoms with Gasteiger partial charge in [-0.3, -0.25) is 4.79 Å². The molecule has 1 aliphatic heterocycles. The zero-order valence-electron chi connectivity index (χ0n) is 15.6. The minimum absolute atomic E-state index is 0. The van der Waals surface area contributed by atoms with Gasteiger partial charge in [0.15, 0.2) is 0 Å². The number of carbonyl (C=O) groups excluding carboxylic acids is 1. The number of aliphatic hydroxyl groups is 2.